The quantitative estimate of drug-likeness (QED) is 0.539. The third-order valence-corrected chi connectivity index (χ3v) is 5.69. The Bertz CT molecular complexity index is 1190. The summed E-state index contributed by atoms with van der Waals surface area (Å²) in [5, 5.41) is 10.1. The number of carbonyl (C=O) groups is 1. The summed E-state index contributed by atoms with van der Waals surface area (Å²) in [6.45, 7) is 4.07. The molecule has 0 unspecified atom stereocenters. The zero-order chi connectivity index (χ0) is 23.2. The van der Waals surface area contributed by atoms with E-state index in [4.69, 9.17) is 20.8 Å². The van der Waals surface area contributed by atoms with E-state index in [0.29, 0.717) is 48.7 Å². The van der Waals surface area contributed by atoms with Crippen molar-refractivity contribution < 1.29 is 13.9 Å². The minimum atomic E-state index is -0.0725. The zero-order valence-corrected chi connectivity index (χ0v) is 19.0. The molecule has 3 aromatic rings. The van der Waals surface area contributed by atoms with E-state index in [0.717, 1.165) is 11.1 Å². The van der Waals surface area contributed by atoms with Gasteiger partial charge in [0.1, 0.15) is 11.8 Å². The van der Waals surface area contributed by atoms with Gasteiger partial charge in [-0.05, 0) is 36.8 Å². The third kappa shape index (κ3) is 5.54. The van der Waals surface area contributed by atoms with Crippen molar-refractivity contribution in [1.82, 2.24) is 9.88 Å². The fourth-order valence-corrected chi connectivity index (χ4v) is 3.69. The Morgan fingerprint density at radius 3 is 2.58 bits per heavy atom. The summed E-state index contributed by atoms with van der Waals surface area (Å²) < 4.78 is 11.5. The molecule has 1 aliphatic heterocycles. The summed E-state index contributed by atoms with van der Waals surface area (Å²) in [6, 6.07) is 17.1. The number of nitrogens with zero attached hydrogens (tertiary/aromatic N) is 4. The summed E-state index contributed by atoms with van der Waals surface area (Å²) in [5.74, 6) is 1.34. The zero-order valence-electron chi connectivity index (χ0n) is 18.2. The molecule has 0 N–H and O–H groups in total. The van der Waals surface area contributed by atoms with E-state index in [2.05, 4.69) is 11.1 Å². The van der Waals surface area contributed by atoms with Gasteiger partial charge in [-0.1, -0.05) is 47.5 Å². The molecule has 168 valence electrons. The molecular weight excluding hydrogens is 440 g/mol. The molecule has 1 aromatic heterocycles. The van der Waals surface area contributed by atoms with Gasteiger partial charge in [0.2, 0.25) is 17.5 Å². The second-order valence-corrected chi connectivity index (χ2v) is 8.05. The molecule has 0 aliphatic carbocycles. The van der Waals surface area contributed by atoms with E-state index in [1.807, 2.05) is 54.3 Å². The first-order chi connectivity index (χ1) is 16.0. The standard InChI is InChI=1S/C25H23ClN4O3/c1-18-6-9-20(10-7-18)32-17-24(31)29-12-14-30(15-13-29)25-22(16-27)28-23(33-25)11-8-19-4-2-3-5-21(19)26/h2-11H,12-15,17H2,1H3/b11-8+. The number of hydrogen-bond acceptors (Lipinski definition) is 6. The van der Waals surface area contributed by atoms with Crippen molar-refractivity contribution in [2.45, 2.75) is 6.92 Å². The van der Waals surface area contributed by atoms with Crippen LogP contribution in [-0.2, 0) is 4.79 Å². The predicted molar refractivity (Wildman–Crippen MR) is 127 cm³/mol. The fraction of sp³-hybridized carbons (Fsp3) is 0.240. The highest BCUT2D eigenvalue weighted by atomic mass is 35.5. The molecule has 2 heterocycles. The number of anilines is 1. The first-order valence-corrected chi connectivity index (χ1v) is 11.0. The molecule has 7 nitrogen and oxygen atoms in total. The van der Waals surface area contributed by atoms with Crippen molar-refractivity contribution in [3.05, 3.63) is 76.3 Å². The maximum atomic E-state index is 12.5. The second-order valence-electron chi connectivity index (χ2n) is 7.64. The van der Waals surface area contributed by atoms with E-state index in [9.17, 15) is 10.1 Å². The summed E-state index contributed by atoms with van der Waals surface area (Å²) in [4.78, 5) is 20.5. The number of nitriles is 1. The maximum Gasteiger partial charge on any atom is 0.260 e. The largest absolute Gasteiger partial charge is 0.484 e. The number of carbonyl (C=O) groups excluding carboxylic acids is 1. The van der Waals surface area contributed by atoms with Crippen molar-refractivity contribution in [2.75, 3.05) is 37.7 Å². The third-order valence-electron chi connectivity index (χ3n) is 5.35. The summed E-state index contributed by atoms with van der Waals surface area (Å²) >= 11 is 6.17. The van der Waals surface area contributed by atoms with E-state index < -0.39 is 0 Å². The molecule has 0 bridgehead atoms. The fourth-order valence-electron chi connectivity index (χ4n) is 3.49. The molecule has 4 rings (SSSR count). The highest BCUT2D eigenvalue weighted by Gasteiger charge is 2.26. The first-order valence-electron chi connectivity index (χ1n) is 10.6. The highest BCUT2D eigenvalue weighted by Crippen LogP contribution is 2.25. The van der Waals surface area contributed by atoms with E-state index >= 15 is 0 Å². The van der Waals surface area contributed by atoms with E-state index in [1.54, 1.807) is 23.1 Å². The molecule has 1 amide bonds. The lowest BCUT2D eigenvalue weighted by Crippen LogP contribution is -2.50. The predicted octanol–water partition coefficient (Wildman–Crippen LogP) is 4.41. The van der Waals surface area contributed by atoms with Crippen LogP contribution in [0.1, 0.15) is 22.7 Å². The Labute approximate surface area is 197 Å². The van der Waals surface area contributed by atoms with Gasteiger partial charge in [0.05, 0.1) is 0 Å². The Balaban J connectivity index is 1.35. The molecule has 0 spiro atoms. The molecule has 1 aliphatic rings. The number of oxazole rings is 1. The monoisotopic (exact) mass is 462 g/mol. The highest BCUT2D eigenvalue weighted by molar-refractivity contribution is 6.32. The lowest BCUT2D eigenvalue weighted by atomic mass is 10.2. The Morgan fingerprint density at radius 1 is 1.15 bits per heavy atom. The van der Waals surface area contributed by atoms with Crippen molar-refractivity contribution in [3.8, 4) is 11.8 Å². The molecule has 0 radical (unpaired) electrons. The Hall–Kier alpha value is -3.76. The lowest BCUT2D eigenvalue weighted by molar-refractivity contribution is -0.133. The van der Waals surface area contributed by atoms with Crippen LogP contribution in [0.25, 0.3) is 12.2 Å². The van der Waals surface area contributed by atoms with Crippen LogP contribution in [0.2, 0.25) is 5.02 Å². The van der Waals surface area contributed by atoms with Crippen LogP contribution >= 0.6 is 11.6 Å². The van der Waals surface area contributed by atoms with Crippen LogP contribution in [0.4, 0.5) is 5.88 Å². The van der Waals surface area contributed by atoms with Gasteiger partial charge in [-0.25, -0.2) is 0 Å². The smallest absolute Gasteiger partial charge is 0.260 e. The number of rotatable bonds is 6. The van der Waals surface area contributed by atoms with E-state index in [1.165, 1.54) is 0 Å². The van der Waals surface area contributed by atoms with Gasteiger partial charge >= 0.3 is 0 Å². The number of halogens is 1. The van der Waals surface area contributed by atoms with Gasteiger partial charge in [0.15, 0.2) is 6.61 Å². The summed E-state index contributed by atoms with van der Waals surface area (Å²) in [5.41, 5.74) is 2.19. The van der Waals surface area contributed by atoms with Crippen LogP contribution in [-0.4, -0.2) is 48.6 Å². The number of aryl methyl sites for hydroxylation is 1. The molecule has 1 fully saturated rings. The van der Waals surface area contributed by atoms with Crippen molar-refractivity contribution in [2.24, 2.45) is 0 Å². The molecule has 8 heteroatoms. The van der Waals surface area contributed by atoms with Gasteiger partial charge in [0.25, 0.3) is 5.91 Å². The lowest BCUT2D eigenvalue weighted by Gasteiger charge is -2.34. The SMILES string of the molecule is Cc1ccc(OCC(=O)N2CCN(c3oc(/C=C/c4ccccc4Cl)nc3C#N)CC2)cc1. The van der Waals surface area contributed by atoms with Crippen LogP contribution < -0.4 is 9.64 Å². The molecule has 0 atom stereocenters. The average molecular weight is 463 g/mol. The topological polar surface area (TPSA) is 82.6 Å². The van der Waals surface area contributed by atoms with Gasteiger partial charge in [-0.15, -0.1) is 0 Å². The van der Waals surface area contributed by atoms with Gasteiger partial charge in [-0.2, -0.15) is 10.2 Å². The van der Waals surface area contributed by atoms with Gasteiger partial charge < -0.3 is 19.0 Å². The van der Waals surface area contributed by atoms with Crippen molar-refractivity contribution in [3.63, 3.8) is 0 Å². The Morgan fingerprint density at radius 2 is 1.88 bits per heavy atom. The van der Waals surface area contributed by atoms with Gasteiger partial charge in [0, 0.05) is 37.3 Å². The van der Waals surface area contributed by atoms with Crippen molar-refractivity contribution >= 4 is 35.5 Å². The molecule has 33 heavy (non-hydrogen) atoms. The summed E-state index contributed by atoms with van der Waals surface area (Å²) in [6.07, 6.45) is 3.48. The van der Waals surface area contributed by atoms with Crippen LogP contribution in [0.15, 0.2) is 52.9 Å². The second kappa shape index (κ2) is 10.2. The normalized spacial score (nSPS) is 13.8. The molecule has 0 saturated carbocycles. The number of piperazine rings is 1. The minimum absolute atomic E-state index is 0.00813. The van der Waals surface area contributed by atoms with Crippen LogP contribution in [0.5, 0.6) is 5.75 Å². The van der Waals surface area contributed by atoms with Crippen LogP contribution in [0, 0.1) is 18.3 Å². The first kappa shape index (κ1) is 22.4. The number of benzene rings is 2. The van der Waals surface area contributed by atoms with Gasteiger partial charge in [-0.3, -0.25) is 4.79 Å². The maximum absolute atomic E-state index is 12.5. The minimum Gasteiger partial charge on any atom is -0.484 e. The molecular formula is C25H23ClN4O3. The number of aromatic nitrogens is 1. The molecule has 2 aromatic carbocycles. The van der Waals surface area contributed by atoms with Crippen LogP contribution in [0.3, 0.4) is 0 Å². The van der Waals surface area contributed by atoms with Crippen molar-refractivity contribution in [1.29, 1.82) is 5.26 Å². The average Bonchev–Trinajstić information content (AvgIpc) is 3.26. The van der Waals surface area contributed by atoms with E-state index in [-0.39, 0.29) is 18.2 Å². The number of hydrogen-bond donors (Lipinski definition) is 0. The number of amides is 1. The number of ether oxygens (including phenoxy) is 1. The Kier molecular flexibility index (Phi) is 6.96. The molecule has 1 saturated heterocycles. The summed E-state index contributed by atoms with van der Waals surface area (Å²) in [7, 11) is 0.